The average Bonchev–Trinajstić information content (AvgIpc) is 2.15. The quantitative estimate of drug-likeness (QED) is 0.871. The molecule has 1 atom stereocenters. The van der Waals surface area contributed by atoms with Gasteiger partial charge in [-0.25, -0.2) is 4.39 Å². The molecule has 0 saturated heterocycles. The van der Waals surface area contributed by atoms with E-state index in [0.29, 0.717) is 0 Å². The molecule has 0 aliphatic carbocycles. The van der Waals surface area contributed by atoms with Gasteiger partial charge >= 0.3 is 0 Å². The molecule has 0 aliphatic heterocycles. The summed E-state index contributed by atoms with van der Waals surface area (Å²) < 4.78 is 14.3. The highest BCUT2D eigenvalue weighted by atomic mass is 79.9. The van der Waals surface area contributed by atoms with Gasteiger partial charge in [0.1, 0.15) is 5.82 Å². The summed E-state index contributed by atoms with van der Waals surface area (Å²) in [7, 11) is 0. The molecule has 0 heterocycles. The van der Waals surface area contributed by atoms with Crippen molar-refractivity contribution in [2.24, 2.45) is 0 Å². The summed E-state index contributed by atoms with van der Waals surface area (Å²) in [6.07, 6.45) is 0.895. The standard InChI is InChI=1S/C11H15BrFN/c1-3-11(14-4-2)9-6-5-8(12)7-10(9)13/h5-7,11,14H,3-4H2,1-2H3. The summed E-state index contributed by atoms with van der Waals surface area (Å²) in [5, 5.41) is 3.25. The Kier molecular flexibility index (Phi) is 4.55. The van der Waals surface area contributed by atoms with Crippen LogP contribution in [0.4, 0.5) is 4.39 Å². The number of hydrogen-bond donors (Lipinski definition) is 1. The van der Waals surface area contributed by atoms with E-state index >= 15 is 0 Å². The molecule has 1 nitrogen and oxygen atoms in total. The maximum absolute atomic E-state index is 13.5. The van der Waals surface area contributed by atoms with Gasteiger partial charge in [-0.2, -0.15) is 0 Å². The molecule has 0 aliphatic rings. The number of nitrogens with one attached hydrogen (secondary N) is 1. The first-order chi connectivity index (χ1) is 6.69. The molecular weight excluding hydrogens is 245 g/mol. The van der Waals surface area contributed by atoms with Crippen LogP contribution in [-0.2, 0) is 0 Å². The predicted octanol–water partition coefficient (Wildman–Crippen LogP) is 3.65. The van der Waals surface area contributed by atoms with Crippen molar-refractivity contribution in [2.75, 3.05) is 6.54 Å². The zero-order chi connectivity index (χ0) is 10.6. The van der Waals surface area contributed by atoms with Crippen LogP contribution in [0.15, 0.2) is 22.7 Å². The van der Waals surface area contributed by atoms with Crippen LogP contribution in [-0.4, -0.2) is 6.54 Å². The minimum Gasteiger partial charge on any atom is -0.310 e. The fourth-order valence-electron chi connectivity index (χ4n) is 1.50. The van der Waals surface area contributed by atoms with E-state index in [4.69, 9.17) is 0 Å². The van der Waals surface area contributed by atoms with Crippen molar-refractivity contribution in [3.05, 3.63) is 34.1 Å². The van der Waals surface area contributed by atoms with E-state index in [2.05, 4.69) is 28.2 Å². The molecule has 14 heavy (non-hydrogen) atoms. The van der Waals surface area contributed by atoms with Gasteiger partial charge in [0.15, 0.2) is 0 Å². The Morgan fingerprint density at radius 3 is 2.64 bits per heavy atom. The fraction of sp³-hybridized carbons (Fsp3) is 0.455. The highest BCUT2D eigenvalue weighted by molar-refractivity contribution is 9.10. The molecule has 0 amide bonds. The van der Waals surface area contributed by atoms with E-state index in [1.165, 1.54) is 6.07 Å². The molecule has 1 unspecified atom stereocenters. The molecule has 1 aromatic carbocycles. The van der Waals surface area contributed by atoms with Crippen molar-refractivity contribution in [2.45, 2.75) is 26.3 Å². The second kappa shape index (κ2) is 5.47. The molecule has 3 heteroatoms. The largest absolute Gasteiger partial charge is 0.310 e. The van der Waals surface area contributed by atoms with Crippen LogP contribution in [0.5, 0.6) is 0 Å². The number of rotatable bonds is 4. The van der Waals surface area contributed by atoms with Crippen LogP contribution in [0.2, 0.25) is 0 Å². The highest BCUT2D eigenvalue weighted by Crippen LogP contribution is 2.22. The molecule has 1 rings (SSSR count). The molecular formula is C11H15BrFN. The maximum Gasteiger partial charge on any atom is 0.129 e. The minimum atomic E-state index is -0.146. The lowest BCUT2D eigenvalue weighted by molar-refractivity contribution is 0.501. The molecule has 0 fully saturated rings. The molecule has 0 saturated carbocycles. The lowest BCUT2D eigenvalue weighted by Gasteiger charge is -2.16. The normalized spacial score (nSPS) is 12.9. The first kappa shape index (κ1) is 11.7. The molecule has 78 valence electrons. The van der Waals surface area contributed by atoms with Gasteiger partial charge in [-0.15, -0.1) is 0 Å². The Labute approximate surface area is 92.8 Å². The third kappa shape index (κ3) is 2.79. The van der Waals surface area contributed by atoms with E-state index in [9.17, 15) is 4.39 Å². The van der Waals surface area contributed by atoms with E-state index in [1.807, 2.05) is 19.1 Å². The van der Waals surface area contributed by atoms with Crippen molar-refractivity contribution in [1.82, 2.24) is 5.32 Å². The third-order valence-corrected chi connectivity index (χ3v) is 2.69. The summed E-state index contributed by atoms with van der Waals surface area (Å²) in [6, 6.07) is 5.33. The average molecular weight is 260 g/mol. The third-order valence-electron chi connectivity index (χ3n) is 2.20. The summed E-state index contributed by atoms with van der Waals surface area (Å²) in [6.45, 7) is 4.93. The van der Waals surface area contributed by atoms with Crippen molar-refractivity contribution in [3.63, 3.8) is 0 Å². The van der Waals surface area contributed by atoms with Crippen LogP contribution >= 0.6 is 15.9 Å². The molecule has 0 spiro atoms. The van der Waals surface area contributed by atoms with Crippen molar-refractivity contribution in [1.29, 1.82) is 0 Å². The molecule has 0 bridgehead atoms. The van der Waals surface area contributed by atoms with Gasteiger partial charge in [0.2, 0.25) is 0 Å². The monoisotopic (exact) mass is 259 g/mol. The summed E-state index contributed by atoms with van der Waals surface area (Å²) in [5.41, 5.74) is 0.748. The van der Waals surface area contributed by atoms with E-state index < -0.39 is 0 Å². The van der Waals surface area contributed by atoms with Gasteiger partial charge < -0.3 is 5.32 Å². The molecule has 1 aromatic rings. The number of hydrogen-bond acceptors (Lipinski definition) is 1. The van der Waals surface area contributed by atoms with E-state index in [0.717, 1.165) is 23.0 Å². The SMILES string of the molecule is CCNC(CC)c1ccc(Br)cc1F. The first-order valence-electron chi connectivity index (χ1n) is 4.87. The molecule has 0 radical (unpaired) electrons. The molecule has 1 N–H and O–H groups in total. The van der Waals surface area contributed by atoms with Gasteiger partial charge in [-0.05, 0) is 25.1 Å². The topological polar surface area (TPSA) is 12.0 Å². The van der Waals surface area contributed by atoms with Crippen LogP contribution in [0.25, 0.3) is 0 Å². The lowest BCUT2D eigenvalue weighted by atomic mass is 10.0. The number of halogens is 2. The highest BCUT2D eigenvalue weighted by Gasteiger charge is 2.12. The van der Waals surface area contributed by atoms with Crippen molar-refractivity contribution in [3.8, 4) is 0 Å². The maximum atomic E-state index is 13.5. The second-order valence-corrected chi connectivity index (χ2v) is 4.10. The number of benzene rings is 1. The Morgan fingerprint density at radius 1 is 1.43 bits per heavy atom. The predicted molar refractivity (Wildman–Crippen MR) is 60.8 cm³/mol. The van der Waals surface area contributed by atoms with Crippen LogP contribution < -0.4 is 5.32 Å². The lowest BCUT2D eigenvalue weighted by Crippen LogP contribution is -2.21. The Morgan fingerprint density at radius 2 is 2.14 bits per heavy atom. The first-order valence-corrected chi connectivity index (χ1v) is 5.66. The molecule has 0 aromatic heterocycles. The van der Waals surface area contributed by atoms with Crippen molar-refractivity contribution >= 4 is 15.9 Å². The Bertz CT molecular complexity index is 301. The summed E-state index contributed by atoms with van der Waals surface area (Å²) in [5.74, 6) is -0.146. The van der Waals surface area contributed by atoms with E-state index in [1.54, 1.807) is 0 Å². The van der Waals surface area contributed by atoms with Gasteiger partial charge in [0.25, 0.3) is 0 Å². The van der Waals surface area contributed by atoms with E-state index in [-0.39, 0.29) is 11.9 Å². The smallest absolute Gasteiger partial charge is 0.129 e. The zero-order valence-corrected chi connectivity index (χ0v) is 10.1. The van der Waals surface area contributed by atoms with Crippen LogP contribution in [0, 0.1) is 5.82 Å². The summed E-state index contributed by atoms with van der Waals surface area (Å²) >= 11 is 3.25. The van der Waals surface area contributed by atoms with Crippen LogP contribution in [0.3, 0.4) is 0 Å². The minimum absolute atomic E-state index is 0.119. The van der Waals surface area contributed by atoms with Crippen LogP contribution in [0.1, 0.15) is 31.9 Å². The van der Waals surface area contributed by atoms with Gasteiger partial charge in [0.05, 0.1) is 0 Å². The zero-order valence-electron chi connectivity index (χ0n) is 8.48. The Balaban J connectivity index is 2.92. The fourth-order valence-corrected chi connectivity index (χ4v) is 1.84. The Hall–Kier alpha value is -0.410. The van der Waals surface area contributed by atoms with Crippen molar-refractivity contribution < 1.29 is 4.39 Å². The van der Waals surface area contributed by atoms with Gasteiger partial charge in [0, 0.05) is 16.1 Å². The van der Waals surface area contributed by atoms with Gasteiger partial charge in [-0.3, -0.25) is 0 Å². The second-order valence-electron chi connectivity index (χ2n) is 3.18. The summed E-state index contributed by atoms with van der Waals surface area (Å²) in [4.78, 5) is 0. The van der Waals surface area contributed by atoms with Gasteiger partial charge in [-0.1, -0.05) is 35.8 Å².